The van der Waals surface area contributed by atoms with Crippen LogP contribution in [-0.2, 0) is 6.18 Å². The minimum Gasteiger partial charge on any atom is -0.491 e. The van der Waals surface area contributed by atoms with Gasteiger partial charge in [0.15, 0.2) is 0 Å². The lowest BCUT2D eigenvalue weighted by Gasteiger charge is -2.18. The van der Waals surface area contributed by atoms with E-state index in [0.717, 1.165) is 6.07 Å². The molecule has 0 aliphatic carbocycles. The molecule has 128 valence electrons. The van der Waals surface area contributed by atoms with E-state index >= 15 is 0 Å². The highest BCUT2D eigenvalue weighted by Gasteiger charge is 2.34. The Kier molecular flexibility index (Phi) is 5.61. The average molecular weight is 356 g/mol. The number of hydrogen-bond acceptors (Lipinski definition) is 3. The predicted octanol–water partition coefficient (Wildman–Crippen LogP) is 3.96. The quantitative estimate of drug-likeness (QED) is 0.798. The van der Waals surface area contributed by atoms with Crippen molar-refractivity contribution in [2.45, 2.75) is 19.1 Å². The number of pyridine rings is 1. The van der Waals surface area contributed by atoms with Gasteiger partial charge in [0.2, 0.25) is 0 Å². The van der Waals surface area contributed by atoms with Gasteiger partial charge in [-0.05, 0) is 31.2 Å². The maximum atomic E-state index is 12.9. The van der Waals surface area contributed by atoms with Crippen LogP contribution in [0.1, 0.15) is 22.8 Å². The van der Waals surface area contributed by atoms with E-state index in [0.29, 0.717) is 0 Å². The highest BCUT2D eigenvalue weighted by molar-refractivity contribution is 7.71. The lowest BCUT2D eigenvalue weighted by molar-refractivity contribution is -0.139. The standard InChI is InChI=1S/C16H15F3N2O2S/c1-10(21-14(22)11-5-4-8-20-15(11)24)9-23-13-7-3-2-6-12(13)16(17,18)19/h2-8,10H,9H2,1H3,(H,20,24)(H,21,22)/t10-/m1/s1. The number of nitrogens with one attached hydrogen (secondary N) is 2. The first-order valence-electron chi connectivity index (χ1n) is 7.06. The third-order valence-electron chi connectivity index (χ3n) is 3.12. The molecule has 1 aromatic carbocycles. The minimum atomic E-state index is -4.50. The predicted molar refractivity (Wildman–Crippen MR) is 85.5 cm³/mol. The van der Waals surface area contributed by atoms with Crippen LogP contribution in [0, 0.1) is 4.64 Å². The van der Waals surface area contributed by atoms with Gasteiger partial charge in [0, 0.05) is 6.20 Å². The summed E-state index contributed by atoms with van der Waals surface area (Å²) in [6, 6.07) is 7.61. The van der Waals surface area contributed by atoms with Gasteiger partial charge in [-0.25, -0.2) is 0 Å². The molecule has 24 heavy (non-hydrogen) atoms. The number of carbonyl (C=O) groups excluding carboxylic acids is 1. The SMILES string of the molecule is C[C@H](COc1ccccc1C(F)(F)F)NC(=O)c1ccc[nH]c1=S. The molecule has 0 aliphatic heterocycles. The summed E-state index contributed by atoms with van der Waals surface area (Å²) in [5.41, 5.74) is -0.566. The number of halogens is 3. The molecule has 8 heteroatoms. The number of hydrogen-bond donors (Lipinski definition) is 2. The van der Waals surface area contributed by atoms with Gasteiger partial charge in [-0.3, -0.25) is 4.79 Å². The summed E-state index contributed by atoms with van der Waals surface area (Å²) >= 11 is 5.01. The molecule has 2 rings (SSSR count). The van der Waals surface area contributed by atoms with Gasteiger partial charge in [-0.2, -0.15) is 13.2 Å². The molecule has 0 saturated carbocycles. The topological polar surface area (TPSA) is 54.1 Å². The molecule has 0 fully saturated rings. The maximum absolute atomic E-state index is 12.9. The number of aromatic amines is 1. The third kappa shape index (κ3) is 4.58. The Morgan fingerprint density at radius 2 is 2.00 bits per heavy atom. The number of alkyl halides is 3. The normalized spacial score (nSPS) is 12.5. The zero-order valence-corrected chi connectivity index (χ0v) is 13.5. The molecule has 2 aromatic rings. The van der Waals surface area contributed by atoms with Crippen molar-refractivity contribution < 1.29 is 22.7 Å². The summed E-state index contributed by atoms with van der Waals surface area (Å²) in [6.07, 6.45) is -2.90. The van der Waals surface area contributed by atoms with Gasteiger partial charge < -0.3 is 15.0 Å². The Bertz CT molecular complexity index is 774. The number of carbonyl (C=O) groups is 1. The molecule has 1 aromatic heterocycles. The minimum absolute atomic E-state index is 0.109. The van der Waals surface area contributed by atoms with Gasteiger partial charge >= 0.3 is 6.18 Å². The molecule has 1 atom stereocenters. The number of H-pyrrole nitrogens is 1. The molecular formula is C16H15F3N2O2S. The smallest absolute Gasteiger partial charge is 0.419 e. The van der Waals surface area contributed by atoms with Crippen molar-refractivity contribution in [3.63, 3.8) is 0 Å². The monoisotopic (exact) mass is 356 g/mol. The van der Waals surface area contributed by atoms with Crippen molar-refractivity contribution in [2.75, 3.05) is 6.61 Å². The number of rotatable bonds is 5. The fourth-order valence-electron chi connectivity index (χ4n) is 1.99. The van der Waals surface area contributed by atoms with Crippen molar-refractivity contribution in [1.29, 1.82) is 0 Å². The zero-order chi connectivity index (χ0) is 17.7. The molecule has 0 spiro atoms. The highest BCUT2D eigenvalue weighted by Crippen LogP contribution is 2.35. The fraction of sp³-hybridized carbons (Fsp3) is 0.250. The van der Waals surface area contributed by atoms with E-state index in [2.05, 4.69) is 10.3 Å². The largest absolute Gasteiger partial charge is 0.491 e. The van der Waals surface area contributed by atoms with Crippen LogP contribution in [0.4, 0.5) is 13.2 Å². The van der Waals surface area contributed by atoms with Crippen molar-refractivity contribution in [2.24, 2.45) is 0 Å². The van der Waals surface area contributed by atoms with Gasteiger partial charge in [-0.15, -0.1) is 0 Å². The number of benzene rings is 1. The second-order valence-electron chi connectivity index (χ2n) is 5.09. The molecular weight excluding hydrogens is 341 g/mol. The Morgan fingerprint density at radius 1 is 1.29 bits per heavy atom. The number of ether oxygens (including phenoxy) is 1. The third-order valence-corrected chi connectivity index (χ3v) is 3.46. The second-order valence-corrected chi connectivity index (χ2v) is 5.50. The summed E-state index contributed by atoms with van der Waals surface area (Å²) in [4.78, 5) is 14.8. The van der Waals surface area contributed by atoms with E-state index in [1.807, 2.05) is 0 Å². The fourth-order valence-corrected chi connectivity index (χ4v) is 2.21. The van der Waals surface area contributed by atoms with Crippen LogP contribution in [0.25, 0.3) is 0 Å². The molecule has 0 bridgehead atoms. The van der Waals surface area contributed by atoms with Crippen LogP contribution in [0.2, 0.25) is 0 Å². The van der Waals surface area contributed by atoms with Crippen molar-refractivity contribution in [3.8, 4) is 5.75 Å². The van der Waals surface area contributed by atoms with Crippen LogP contribution in [0.3, 0.4) is 0 Å². The number of aromatic nitrogens is 1. The first-order valence-corrected chi connectivity index (χ1v) is 7.47. The average Bonchev–Trinajstić information content (AvgIpc) is 2.52. The van der Waals surface area contributed by atoms with E-state index in [1.165, 1.54) is 18.2 Å². The molecule has 1 heterocycles. The summed E-state index contributed by atoms with van der Waals surface area (Å²) in [5, 5.41) is 2.63. The van der Waals surface area contributed by atoms with Crippen LogP contribution >= 0.6 is 12.2 Å². The Balaban J connectivity index is 2.00. The lowest BCUT2D eigenvalue weighted by Crippen LogP contribution is -2.37. The van der Waals surface area contributed by atoms with E-state index in [1.54, 1.807) is 25.3 Å². The zero-order valence-electron chi connectivity index (χ0n) is 12.7. The number of para-hydroxylation sites is 1. The van der Waals surface area contributed by atoms with E-state index in [4.69, 9.17) is 17.0 Å². The second kappa shape index (κ2) is 7.48. The first kappa shape index (κ1) is 18.0. The van der Waals surface area contributed by atoms with Crippen LogP contribution in [0.5, 0.6) is 5.75 Å². The number of amides is 1. The van der Waals surface area contributed by atoms with E-state index < -0.39 is 23.7 Å². The maximum Gasteiger partial charge on any atom is 0.419 e. The molecule has 0 saturated heterocycles. The summed E-state index contributed by atoms with van der Waals surface area (Å²) in [5.74, 6) is -0.694. The lowest BCUT2D eigenvalue weighted by atomic mass is 10.2. The van der Waals surface area contributed by atoms with Crippen LogP contribution in [-0.4, -0.2) is 23.5 Å². The van der Waals surface area contributed by atoms with Gasteiger partial charge in [0.05, 0.1) is 17.2 Å². The Hall–Kier alpha value is -2.35. The van der Waals surface area contributed by atoms with Crippen molar-refractivity contribution >= 4 is 18.1 Å². The Labute approximate surface area is 141 Å². The van der Waals surface area contributed by atoms with Crippen molar-refractivity contribution in [1.82, 2.24) is 10.3 Å². The van der Waals surface area contributed by atoms with Gasteiger partial charge in [-0.1, -0.05) is 24.4 Å². The summed E-state index contributed by atoms with van der Waals surface area (Å²) in [6.45, 7) is 1.52. The Morgan fingerprint density at radius 3 is 2.67 bits per heavy atom. The van der Waals surface area contributed by atoms with Crippen LogP contribution < -0.4 is 10.1 Å². The molecule has 0 aliphatic rings. The first-order chi connectivity index (χ1) is 11.3. The molecule has 1 amide bonds. The van der Waals surface area contributed by atoms with Gasteiger partial charge in [0.1, 0.15) is 17.0 Å². The molecule has 0 radical (unpaired) electrons. The highest BCUT2D eigenvalue weighted by atomic mass is 32.1. The molecule has 0 unspecified atom stereocenters. The molecule has 2 N–H and O–H groups in total. The van der Waals surface area contributed by atoms with E-state index in [9.17, 15) is 18.0 Å². The van der Waals surface area contributed by atoms with Crippen molar-refractivity contribution in [3.05, 3.63) is 58.4 Å². The summed E-state index contributed by atoms with van der Waals surface area (Å²) < 4.78 is 44.2. The van der Waals surface area contributed by atoms with E-state index in [-0.39, 0.29) is 22.6 Å². The van der Waals surface area contributed by atoms with Gasteiger partial charge in [0.25, 0.3) is 5.91 Å². The summed E-state index contributed by atoms with van der Waals surface area (Å²) in [7, 11) is 0. The van der Waals surface area contributed by atoms with Crippen LogP contribution in [0.15, 0.2) is 42.6 Å². The molecule has 4 nitrogen and oxygen atoms in total.